The van der Waals surface area contributed by atoms with Crippen LogP contribution in [0, 0.1) is 0 Å². The van der Waals surface area contributed by atoms with Crippen molar-refractivity contribution >= 4 is 0 Å². The molecule has 0 unspecified atom stereocenters. The summed E-state index contributed by atoms with van der Waals surface area (Å²) in [5.74, 6) is 0. The molecule has 0 spiro atoms. The minimum absolute atomic E-state index is 0.593. The highest BCUT2D eigenvalue weighted by Crippen LogP contribution is 2.30. The van der Waals surface area contributed by atoms with E-state index in [-0.39, 0.29) is 0 Å². The van der Waals surface area contributed by atoms with Gasteiger partial charge in [-0.3, -0.25) is 9.80 Å². The van der Waals surface area contributed by atoms with Gasteiger partial charge in [0.1, 0.15) is 0 Å². The summed E-state index contributed by atoms with van der Waals surface area (Å²) in [6, 6.07) is 12.3. The first-order valence-corrected chi connectivity index (χ1v) is 6.34. The molecule has 0 bridgehead atoms. The molecule has 1 aromatic carbocycles. The van der Waals surface area contributed by atoms with Crippen molar-refractivity contribution in [2.24, 2.45) is 0 Å². The second-order valence-corrected chi connectivity index (χ2v) is 5.16. The smallest absolute Gasteiger partial charge is 0.0472 e. The summed E-state index contributed by atoms with van der Waals surface area (Å²) in [7, 11) is 2.27. The van der Waals surface area contributed by atoms with Gasteiger partial charge in [-0.15, -0.1) is 0 Å². The van der Waals surface area contributed by atoms with Crippen LogP contribution in [-0.2, 0) is 0 Å². The van der Waals surface area contributed by atoms with Crippen LogP contribution in [0.3, 0.4) is 0 Å². The molecule has 2 heterocycles. The molecule has 2 atom stereocenters. The number of rotatable bonds is 1. The Labute approximate surface area is 97.9 Å². The van der Waals surface area contributed by atoms with Crippen LogP contribution in [0.2, 0.25) is 0 Å². The van der Waals surface area contributed by atoms with E-state index in [1.54, 1.807) is 0 Å². The van der Waals surface area contributed by atoms with Gasteiger partial charge < -0.3 is 0 Å². The molecule has 3 rings (SSSR count). The maximum atomic E-state index is 2.68. The molecule has 2 saturated heterocycles. The molecule has 0 aromatic heterocycles. The third-order valence-corrected chi connectivity index (χ3v) is 4.12. The Morgan fingerprint density at radius 1 is 1.12 bits per heavy atom. The van der Waals surface area contributed by atoms with Crippen molar-refractivity contribution in [1.29, 1.82) is 0 Å². The molecule has 0 N–H and O–H groups in total. The lowest BCUT2D eigenvalue weighted by atomic mass is 10.0. The van der Waals surface area contributed by atoms with Gasteiger partial charge in [-0.1, -0.05) is 30.3 Å². The average molecular weight is 216 g/mol. The van der Waals surface area contributed by atoms with Crippen LogP contribution < -0.4 is 0 Å². The summed E-state index contributed by atoms with van der Waals surface area (Å²) in [6.45, 7) is 3.76. The third kappa shape index (κ3) is 1.76. The normalized spacial score (nSPS) is 31.6. The van der Waals surface area contributed by atoms with Gasteiger partial charge in [-0.2, -0.15) is 0 Å². The molecular weight excluding hydrogens is 196 g/mol. The van der Waals surface area contributed by atoms with Crippen molar-refractivity contribution in [2.45, 2.75) is 24.9 Å². The molecule has 1 aromatic rings. The van der Waals surface area contributed by atoms with Crippen molar-refractivity contribution in [3.8, 4) is 0 Å². The van der Waals surface area contributed by atoms with E-state index < -0.39 is 0 Å². The van der Waals surface area contributed by atoms with E-state index >= 15 is 0 Å². The summed E-state index contributed by atoms with van der Waals surface area (Å²) in [5.41, 5.74) is 1.47. The number of fused-ring (bicyclic) bond motifs is 1. The van der Waals surface area contributed by atoms with Gasteiger partial charge in [0.2, 0.25) is 0 Å². The largest absolute Gasteiger partial charge is 0.297 e. The van der Waals surface area contributed by atoms with Crippen LogP contribution in [0.1, 0.15) is 24.4 Å². The molecule has 0 saturated carbocycles. The van der Waals surface area contributed by atoms with E-state index in [1.165, 1.54) is 38.0 Å². The number of hydrogen-bond acceptors (Lipinski definition) is 2. The number of piperazine rings is 1. The maximum absolute atomic E-state index is 2.68. The Morgan fingerprint density at radius 3 is 2.75 bits per heavy atom. The molecule has 16 heavy (non-hydrogen) atoms. The molecule has 2 aliphatic rings. The minimum atomic E-state index is 0.593. The zero-order valence-electron chi connectivity index (χ0n) is 9.97. The molecule has 0 amide bonds. The molecule has 2 nitrogen and oxygen atoms in total. The van der Waals surface area contributed by atoms with Gasteiger partial charge in [0, 0.05) is 25.2 Å². The van der Waals surface area contributed by atoms with Crippen molar-refractivity contribution in [3.05, 3.63) is 35.9 Å². The average Bonchev–Trinajstić information content (AvgIpc) is 2.76. The van der Waals surface area contributed by atoms with Gasteiger partial charge in [0.15, 0.2) is 0 Å². The second-order valence-electron chi connectivity index (χ2n) is 5.16. The number of nitrogens with zero attached hydrogens (tertiary/aromatic N) is 2. The first-order chi connectivity index (χ1) is 7.84. The van der Waals surface area contributed by atoms with Gasteiger partial charge in [-0.25, -0.2) is 0 Å². The maximum Gasteiger partial charge on any atom is 0.0472 e. The van der Waals surface area contributed by atoms with E-state index in [4.69, 9.17) is 0 Å². The molecule has 0 aliphatic carbocycles. The molecule has 2 heteroatoms. The predicted octanol–water partition coefficient (Wildman–Crippen LogP) is 2.14. The molecule has 0 radical (unpaired) electrons. The quantitative estimate of drug-likeness (QED) is 0.709. The van der Waals surface area contributed by atoms with Crippen molar-refractivity contribution in [2.75, 3.05) is 26.7 Å². The van der Waals surface area contributed by atoms with Gasteiger partial charge >= 0.3 is 0 Å². The van der Waals surface area contributed by atoms with E-state index in [9.17, 15) is 0 Å². The number of benzene rings is 1. The summed E-state index contributed by atoms with van der Waals surface area (Å²) in [6.07, 6.45) is 2.78. The lowest BCUT2D eigenvalue weighted by Gasteiger charge is -2.42. The first kappa shape index (κ1) is 10.3. The van der Waals surface area contributed by atoms with Crippen LogP contribution in [0.4, 0.5) is 0 Å². The minimum Gasteiger partial charge on any atom is -0.297 e. The Kier molecular flexibility index (Phi) is 2.70. The predicted molar refractivity (Wildman–Crippen MR) is 66.4 cm³/mol. The van der Waals surface area contributed by atoms with E-state index in [2.05, 4.69) is 47.2 Å². The highest BCUT2D eigenvalue weighted by atomic mass is 15.3. The van der Waals surface area contributed by atoms with Crippen LogP contribution in [0.5, 0.6) is 0 Å². The fraction of sp³-hybridized carbons (Fsp3) is 0.571. The SMILES string of the molecule is CN1C[C@@H]2CCCN2C[C@@H]1c1ccccc1. The third-order valence-electron chi connectivity index (χ3n) is 4.12. The molecule has 86 valence electrons. The van der Waals surface area contributed by atoms with Crippen molar-refractivity contribution in [1.82, 2.24) is 9.80 Å². The summed E-state index contributed by atoms with van der Waals surface area (Å²) in [5, 5.41) is 0. The standard InChI is InChI=1S/C14H20N2/c1-15-10-13-8-5-9-16(13)11-14(15)12-6-3-2-4-7-12/h2-4,6-7,13-14H,5,8-11H2,1H3/t13-,14+/m0/s1. The van der Waals surface area contributed by atoms with E-state index in [0.717, 1.165) is 6.04 Å². The fourth-order valence-electron chi connectivity index (χ4n) is 3.20. The molecule has 2 fully saturated rings. The number of hydrogen-bond donors (Lipinski definition) is 0. The summed E-state index contributed by atoms with van der Waals surface area (Å²) in [4.78, 5) is 5.21. The van der Waals surface area contributed by atoms with Crippen LogP contribution in [0.15, 0.2) is 30.3 Å². The van der Waals surface area contributed by atoms with Gasteiger partial charge in [0.25, 0.3) is 0 Å². The summed E-state index contributed by atoms with van der Waals surface area (Å²) >= 11 is 0. The Balaban J connectivity index is 1.80. The monoisotopic (exact) mass is 216 g/mol. The zero-order valence-corrected chi connectivity index (χ0v) is 9.97. The van der Waals surface area contributed by atoms with Crippen LogP contribution >= 0.6 is 0 Å². The molecule has 2 aliphatic heterocycles. The van der Waals surface area contributed by atoms with E-state index in [0.29, 0.717) is 6.04 Å². The van der Waals surface area contributed by atoms with Crippen molar-refractivity contribution < 1.29 is 0 Å². The Morgan fingerprint density at radius 2 is 1.94 bits per heavy atom. The lowest BCUT2D eigenvalue weighted by Crippen LogP contribution is -2.50. The van der Waals surface area contributed by atoms with E-state index in [1.807, 2.05) is 0 Å². The Hall–Kier alpha value is -0.860. The highest BCUT2D eigenvalue weighted by Gasteiger charge is 2.34. The highest BCUT2D eigenvalue weighted by molar-refractivity contribution is 5.20. The first-order valence-electron chi connectivity index (χ1n) is 6.34. The lowest BCUT2D eigenvalue weighted by molar-refractivity contribution is 0.0705. The summed E-state index contributed by atoms with van der Waals surface area (Å²) < 4.78 is 0. The molecular formula is C14H20N2. The second kappa shape index (κ2) is 4.19. The van der Waals surface area contributed by atoms with Gasteiger partial charge in [0.05, 0.1) is 0 Å². The zero-order chi connectivity index (χ0) is 11.0. The number of likely N-dealkylation sites (N-methyl/N-ethyl adjacent to an activating group) is 1. The Bertz CT molecular complexity index is 349. The topological polar surface area (TPSA) is 6.48 Å². The van der Waals surface area contributed by atoms with Crippen LogP contribution in [-0.4, -0.2) is 42.5 Å². The fourth-order valence-corrected chi connectivity index (χ4v) is 3.20. The van der Waals surface area contributed by atoms with Crippen molar-refractivity contribution in [3.63, 3.8) is 0 Å². The van der Waals surface area contributed by atoms with Crippen LogP contribution in [0.25, 0.3) is 0 Å². The van der Waals surface area contributed by atoms with Gasteiger partial charge in [-0.05, 0) is 32.0 Å².